The minimum atomic E-state index is -0.262. The minimum absolute atomic E-state index is 0.262. The fourth-order valence-corrected chi connectivity index (χ4v) is 3.27. The Morgan fingerprint density at radius 3 is 2.79 bits per heavy atom. The van der Waals surface area contributed by atoms with Crippen LogP contribution in [0.25, 0.3) is 0 Å². The van der Waals surface area contributed by atoms with Crippen LogP contribution in [0, 0.1) is 13.8 Å². The van der Waals surface area contributed by atoms with Crippen molar-refractivity contribution in [1.82, 2.24) is 0 Å². The van der Waals surface area contributed by atoms with Crippen LogP contribution in [-0.4, -0.2) is 19.2 Å². The Labute approximate surface area is 141 Å². The molecule has 2 amide bonds. The van der Waals surface area contributed by atoms with E-state index in [-0.39, 0.29) is 6.03 Å². The molecule has 2 aliphatic heterocycles. The van der Waals surface area contributed by atoms with Crippen molar-refractivity contribution < 1.29 is 14.3 Å². The maximum atomic E-state index is 12.5. The van der Waals surface area contributed by atoms with Gasteiger partial charge in [-0.1, -0.05) is 12.1 Å². The zero-order valence-corrected chi connectivity index (χ0v) is 13.9. The van der Waals surface area contributed by atoms with Crippen LogP contribution in [-0.2, 0) is 12.8 Å². The molecule has 2 aromatic rings. The number of rotatable bonds is 2. The van der Waals surface area contributed by atoms with Gasteiger partial charge in [-0.05, 0) is 37.1 Å². The molecule has 2 heterocycles. The number of fused-ring (bicyclic) bond motifs is 2. The third-order valence-corrected chi connectivity index (χ3v) is 4.74. The van der Waals surface area contributed by atoms with Gasteiger partial charge < -0.3 is 20.1 Å². The number of aryl methyl sites for hydroxylation is 1. The Kier molecular flexibility index (Phi) is 3.56. The van der Waals surface area contributed by atoms with E-state index in [9.17, 15) is 4.79 Å². The quantitative estimate of drug-likeness (QED) is 0.883. The molecule has 24 heavy (non-hydrogen) atoms. The van der Waals surface area contributed by atoms with Gasteiger partial charge in [0.05, 0.1) is 18.9 Å². The average molecular weight is 324 g/mol. The average Bonchev–Trinajstić information content (AvgIpc) is 3.20. The van der Waals surface area contributed by atoms with E-state index in [0.29, 0.717) is 13.2 Å². The highest BCUT2D eigenvalue weighted by molar-refractivity contribution is 6.02. The van der Waals surface area contributed by atoms with Crippen LogP contribution in [0.1, 0.15) is 22.3 Å². The summed E-state index contributed by atoms with van der Waals surface area (Å²) in [7, 11) is 0. The van der Waals surface area contributed by atoms with Gasteiger partial charge in [0.25, 0.3) is 0 Å². The van der Waals surface area contributed by atoms with Crippen molar-refractivity contribution in [2.45, 2.75) is 26.7 Å². The predicted molar refractivity (Wildman–Crippen MR) is 93.4 cm³/mol. The monoisotopic (exact) mass is 324 g/mol. The fraction of sp³-hybridized carbons (Fsp3) is 0.316. The zero-order valence-electron chi connectivity index (χ0n) is 13.9. The maximum absolute atomic E-state index is 12.5. The second kappa shape index (κ2) is 5.74. The van der Waals surface area contributed by atoms with Crippen molar-refractivity contribution in [2.75, 3.05) is 23.8 Å². The van der Waals surface area contributed by atoms with Crippen molar-refractivity contribution in [3.05, 3.63) is 46.5 Å². The predicted octanol–water partition coefficient (Wildman–Crippen LogP) is 3.82. The number of ether oxygens (including phenoxy) is 2. The number of amides is 2. The Bertz CT molecular complexity index is 798. The lowest BCUT2D eigenvalue weighted by Gasteiger charge is -2.15. The summed E-state index contributed by atoms with van der Waals surface area (Å²) in [5.41, 5.74) is 5.89. The number of carbonyl (C=O) groups is 1. The molecule has 0 saturated heterocycles. The summed E-state index contributed by atoms with van der Waals surface area (Å²) in [6, 6.07) is 7.65. The molecule has 0 radical (unpaired) electrons. The smallest absolute Gasteiger partial charge is 0.323 e. The van der Waals surface area contributed by atoms with E-state index in [1.165, 1.54) is 0 Å². The highest BCUT2D eigenvalue weighted by atomic mass is 16.5. The standard InChI is InChI=1S/C19H20N2O3/c1-11-4-3-5-15(12(11)2)20-19(22)21-17-14-7-9-23-16(14)10-13-6-8-24-18(13)17/h3-5,10H,6-9H2,1-2H3,(H2,20,21,22). The van der Waals surface area contributed by atoms with E-state index < -0.39 is 0 Å². The summed E-state index contributed by atoms with van der Waals surface area (Å²) < 4.78 is 11.4. The molecule has 0 bridgehead atoms. The lowest BCUT2D eigenvalue weighted by atomic mass is 10.0. The van der Waals surface area contributed by atoms with Crippen LogP contribution in [0.15, 0.2) is 24.3 Å². The summed E-state index contributed by atoms with van der Waals surface area (Å²) in [5.74, 6) is 1.65. The molecule has 0 fully saturated rings. The number of hydrogen-bond acceptors (Lipinski definition) is 3. The minimum Gasteiger partial charge on any atom is -0.493 e. The number of urea groups is 1. The Hall–Kier alpha value is -2.69. The second-order valence-corrected chi connectivity index (χ2v) is 6.24. The third kappa shape index (κ3) is 2.46. The first-order chi connectivity index (χ1) is 11.6. The highest BCUT2D eigenvalue weighted by Crippen LogP contribution is 2.44. The maximum Gasteiger partial charge on any atom is 0.323 e. The molecule has 5 nitrogen and oxygen atoms in total. The van der Waals surface area contributed by atoms with Gasteiger partial charge in [-0.2, -0.15) is 0 Å². The van der Waals surface area contributed by atoms with Crippen molar-refractivity contribution in [3.63, 3.8) is 0 Å². The first-order valence-corrected chi connectivity index (χ1v) is 8.22. The number of carbonyl (C=O) groups excluding carboxylic acids is 1. The molecule has 0 atom stereocenters. The largest absolute Gasteiger partial charge is 0.493 e. The van der Waals surface area contributed by atoms with E-state index >= 15 is 0 Å². The van der Waals surface area contributed by atoms with Crippen molar-refractivity contribution in [2.24, 2.45) is 0 Å². The fourth-order valence-electron chi connectivity index (χ4n) is 3.27. The Morgan fingerprint density at radius 1 is 1.08 bits per heavy atom. The van der Waals surface area contributed by atoms with Crippen LogP contribution < -0.4 is 20.1 Å². The van der Waals surface area contributed by atoms with Gasteiger partial charge in [-0.15, -0.1) is 0 Å². The van der Waals surface area contributed by atoms with Gasteiger partial charge in [0.2, 0.25) is 0 Å². The van der Waals surface area contributed by atoms with Crippen molar-refractivity contribution in [3.8, 4) is 11.5 Å². The third-order valence-electron chi connectivity index (χ3n) is 4.74. The normalized spacial score (nSPS) is 14.4. The van der Waals surface area contributed by atoms with Gasteiger partial charge in [-0.25, -0.2) is 4.79 Å². The highest BCUT2D eigenvalue weighted by Gasteiger charge is 2.27. The molecule has 2 N–H and O–H groups in total. The first kappa shape index (κ1) is 14.9. The lowest BCUT2D eigenvalue weighted by molar-refractivity contribution is 0.262. The van der Waals surface area contributed by atoms with Crippen LogP contribution in [0.3, 0.4) is 0 Å². The Morgan fingerprint density at radius 2 is 1.92 bits per heavy atom. The van der Waals surface area contributed by atoms with E-state index in [2.05, 4.69) is 10.6 Å². The Balaban J connectivity index is 1.62. The summed E-state index contributed by atoms with van der Waals surface area (Å²) in [6.07, 6.45) is 1.63. The number of hydrogen-bond donors (Lipinski definition) is 2. The first-order valence-electron chi connectivity index (χ1n) is 8.22. The molecule has 0 unspecified atom stereocenters. The molecule has 0 saturated carbocycles. The molecule has 0 aliphatic carbocycles. The molecular formula is C19H20N2O3. The van der Waals surface area contributed by atoms with Crippen LogP contribution in [0.4, 0.5) is 16.2 Å². The molecule has 4 rings (SSSR count). The summed E-state index contributed by atoms with van der Waals surface area (Å²) in [4.78, 5) is 12.5. The van der Waals surface area contributed by atoms with E-state index in [4.69, 9.17) is 9.47 Å². The molecule has 0 spiro atoms. The lowest BCUT2D eigenvalue weighted by Crippen LogP contribution is -2.21. The van der Waals surface area contributed by atoms with Gasteiger partial charge in [0.15, 0.2) is 0 Å². The molecule has 0 aromatic heterocycles. The number of anilines is 2. The molecule has 2 aromatic carbocycles. The summed E-state index contributed by atoms with van der Waals surface area (Å²) in [5, 5.41) is 5.92. The van der Waals surface area contributed by atoms with Gasteiger partial charge >= 0.3 is 6.03 Å². The number of nitrogens with one attached hydrogen (secondary N) is 2. The van der Waals surface area contributed by atoms with Gasteiger partial charge in [0.1, 0.15) is 11.5 Å². The summed E-state index contributed by atoms with van der Waals surface area (Å²) >= 11 is 0. The zero-order chi connectivity index (χ0) is 16.7. The topological polar surface area (TPSA) is 59.6 Å². The molecule has 2 aliphatic rings. The van der Waals surface area contributed by atoms with E-state index in [1.54, 1.807) is 0 Å². The van der Waals surface area contributed by atoms with E-state index in [0.717, 1.165) is 58.0 Å². The van der Waals surface area contributed by atoms with Gasteiger partial charge in [-0.3, -0.25) is 0 Å². The van der Waals surface area contributed by atoms with Crippen molar-refractivity contribution in [1.29, 1.82) is 0 Å². The molecular weight excluding hydrogens is 304 g/mol. The van der Waals surface area contributed by atoms with E-state index in [1.807, 2.05) is 38.1 Å². The van der Waals surface area contributed by atoms with Gasteiger partial charge in [0, 0.05) is 29.7 Å². The van der Waals surface area contributed by atoms with Crippen LogP contribution >= 0.6 is 0 Å². The number of benzene rings is 2. The molecule has 124 valence electrons. The second-order valence-electron chi connectivity index (χ2n) is 6.24. The van der Waals surface area contributed by atoms with Crippen molar-refractivity contribution >= 4 is 17.4 Å². The van der Waals surface area contributed by atoms with Crippen LogP contribution in [0.5, 0.6) is 11.5 Å². The summed E-state index contributed by atoms with van der Waals surface area (Å²) in [6.45, 7) is 5.32. The van der Waals surface area contributed by atoms with Crippen LogP contribution in [0.2, 0.25) is 0 Å². The molecule has 5 heteroatoms. The SMILES string of the molecule is Cc1cccc(NC(=O)Nc2c3c(cc4c2OCC4)OCC3)c1C.